The highest BCUT2D eigenvalue weighted by Crippen LogP contribution is 2.27. The minimum Gasteiger partial charge on any atom is -0.390 e. The highest BCUT2D eigenvalue weighted by Gasteiger charge is 2.20. The summed E-state index contributed by atoms with van der Waals surface area (Å²) in [5, 5.41) is 21.6. The fraction of sp³-hybridized carbons (Fsp3) is 0.364. The van der Waals surface area contributed by atoms with Crippen LogP contribution in [0.4, 0.5) is 5.69 Å². The van der Waals surface area contributed by atoms with E-state index in [4.69, 9.17) is 0 Å². The first kappa shape index (κ1) is 10.1. The Bertz CT molecular complexity index is 401. The molecule has 1 aromatic rings. The fourth-order valence-electron chi connectivity index (χ4n) is 1.71. The standard InChI is InChI=1S/C11H13NO3/c1-6(13)11(15)7-2-3-9-8(4-7)5-10(14)12-9/h2-4,6,11,13,15H,5H2,1H3,(H,12,14). The number of hydrogen-bond acceptors (Lipinski definition) is 3. The van der Waals surface area contributed by atoms with Crippen LogP contribution in [0.1, 0.15) is 24.2 Å². The lowest BCUT2D eigenvalue weighted by Crippen LogP contribution is -2.13. The first-order chi connectivity index (χ1) is 7.08. The molecule has 2 unspecified atom stereocenters. The summed E-state index contributed by atoms with van der Waals surface area (Å²) in [7, 11) is 0. The number of benzene rings is 1. The van der Waals surface area contributed by atoms with E-state index in [1.165, 1.54) is 6.92 Å². The molecule has 1 aromatic carbocycles. The Morgan fingerprint density at radius 2 is 2.13 bits per heavy atom. The Morgan fingerprint density at radius 3 is 2.80 bits per heavy atom. The van der Waals surface area contributed by atoms with Gasteiger partial charge in [-0.15, -0.1) is 0 Å². The molecule has 2 atom stereocenters. The zero-order valence-electron chi connectivity index (χ0n) is 8.40. The molecule has 4 heteroatoms. The van der Waals surface area contributed by atoms with Crippen molar-refractivity contribution in [2.24, 2.45) is 0 Å². The van der Waals surface area contributed by atoms with Crippen LogP contribution in [0, 0.1) is 0 Å². The van der Waals surface area contributed by atoms with Crippen molar-refractivity contribution in [3.63, 3.8) is 0 Å². The lowest BCUT2D eigenvalue weighted by Gasteiger charge is -2.14. The van der Waals surface area contributed by atoms with Gasteiger partial charge in [-0.3, -0.25) is 4.79 Å². The summed E-state index contributed by atoms with van der Waals surface area (Å²) in [5.41, 5.74) is 2.30. The van der Waals surface area contributed by atoms with Crippen molar-refractivity contribution in [1.82, 2.24) is 0 Å². The zero-order chi connectivity index (χ0) is 11.0. The van der Waals surface area contributed by atoms with Crippen LogP contribution in [0.5, 0.6) is 0 Å². The van der Waals surface area contributed by atoms with Crippen LogP contribution >= 0.6 is 0 Å². The van der Waals surface area contributed by atoms with E-state index >= 15 is 0 Å². The van der Waals surface area contributed by atoms with E-state index in [0.717, 1.165) is 11.3 Å². The molecule has 4 nitrogen and oxygen atoms in total. The minimum absolute atomic E-state index is 0.0336. The third-order valence-electron chi connectivity index (χ3n) is 2.55. The molecular formula is C11H13NO3. The second-order valence-corrected chi connectivity index (χ2v) is 3.83. The summed E-state index contributed by atoms with van der Waals surface area (Å²) in [6.07, 6.45) is -1.37. The number of rotatable bonds is 2. The molecule has 80 valence electrons. The van der Waals surface area contributed by atoms with Gasteiger partial charge in [0.1, 0.15) is 6.10 Å². The van der Waals surface area contributed by atoms with Crippen LogP contribution in [0.15, 0.2) is 18.2 Å². The monoisotopic (exact) mass is 207 g/mol. The van der Waals surface area contributed by atoms with Gasteiger partial charge in [0, 0.05) is 5.69 Å². The molecule has 0 bridgehead atoms. The van der Waals surface area contributed by atoms with Crippen LogP contribution in [-0.4, -0.2) is 22.2 Å². The number of anilines is 1. The molecule has 2 rings (SSSR count). The van der Waals surface area contributed by atoms with E-state index in [9.17, 15) is 15.0 Å². The normalized spacial score (nSPS) is 18.2. The number of fused-ring (bicyclic) bond motifs is 1. The van der Waals surface area contributed by atoms with Gasteiger partial charge in [0.05, 0.1) is 12.5 Å². The summed E-state index contributed by atoms with van der Waals surface area (Å²) < 4.78 is 0. The first-order valence-electron chi connectivity index (χ1n) is 4.87. The predicted molar refractivity (Wildman–Crippen MR) is 55.4 cm³/mol. The molecule has 15 heavy (non-hydrogen) atoms. The highest BCUT2D eigenvalue weighted by molar-refractivity contribution is 5.99. The molecule has 3 N–H and O–H groups in total. The maximum absolute atomic E-state index is 11.1. The van der Waals surface area contributed by atoms with E-state index in [1.807, 2.05) is 0 Å². The molecule has 0 saturated heterocycles. The maximum atomic E-state index is 11.1. The van der Waals surface area contributed by atoms with E-state index < -0.39 is 12.2 Å². The molecule has 1 aliphatic heterocycles. The topological polar surface area (TPSA) is 69.6 Å². The summed E-state index contributed by atoms with van der Waals surface area (Å²) in [6, 6.07) is 5.22. The Morgan fingerprint density at radius 1 is 1.40 bits per heavy atom. The molecule has 0 fully saturated rings. The Labute approximate surface area is 87.6 Å². The van der Waals surface area contributed by atoms with Gasteiger partial charge in [0.15, 0.2) is 0 Å². The van der Waals surface area contributed by atoms with Gasteiger partial charge in [-0.1, -0.05) is 12.1 Å². The molecular weight excluding hydrogens is 194 g/mol. The van der Waals surface area contributed by atoms with Gasteiger partial charge in [-0.2, -0.15) is 0 Å². The van der Waals surface area contributed by atoms with Crippen LogP contribution in [0.25, 0.3) is 0 Å². The average Bonchev–Trinajstić information content (AvgIpc) is 2.55. The molecule has 1 heterocycles. The average molecular weight is 207 g/mol. The Kier molecular flexibility index (Phi) is 2.46. The predicted octanol–water partition coefficient (Wildman–Crippen LogP) is 0.595. The van der Waals surface area contributed by atoms with Crippen molar-refractivity contribution in [2.45, 2.75) is 25.6 Å². The van der Waals surface area contributed by atoms with Crippen molar-refractivity contribution >= 4 is 11.6 Å². The van der Waals surface area contributed by atoms with Crippen molar-refractivity contribution in [2.75, 3.05) is 5.32 Å². The second-order valence-electron chi connectivity index (χ2n) is 3.83. The van der Waals surface area contributed by atoms with Gasteiger partial charge < -0.3 is 15.5 Å². The highest BCUT2D eigenvalue weighted by atomic mass is 16.3. The minimum atomic E-state index is -0.897. The smallest absolute Gasteiger partial charge is 0.228 e. The number of carbonyl (C=O) groups excluding carboxylic acids is 1. The van der Waals surface area contributed by atoms with Crippen molar-refractivity contribution in [3.8, 4) is 0 Å². The lowest BCUT2D eigenvalue weighted by molar-refractivity contribution is -0.115. The zero-order valence-corrected chi connectivity index (χ0v) is 8.40. The summed E-state index contributed by atoms with van der Waals surface area (Å²) in [6.45, 7) is 1.53. The van der Waals surface area contributed by atoms with Gasteiger partial charge >= 0.3 is 0 Å². The van der Waals surface area contributed by atoms with Crippen molar-refractivity contribution in [1.29, 1.82) is 0 Å². The van der Waals surface area contributed by atoms with Crippen LogP contribution < -0.4 is 5.32 Å². The third-order valence-corrected chi connectivity index (χ3v) is 2.55. The number of amides is 1. The van der Waals surface area contributed by atoms with E-state index in [0.29, 0.717) is 12.0 Å². The summed E-state index contributed by atoms with van der Waals surface area (Å²) in [5.74, 6) is -0.0336. The fourth-order valence-corrected chi connectivity index (χ4v) is 1.71. The van der Waals surface area contributed by atoms with E-state index in [2.05, 4.69) is 5.32 Å². The van der Waals surface area contributed by atoms with Crippen molar-refractivity contribution < 1.29 is 15.0 Å². The third kappa shape index (κ3) is 1.86. The molecule has 0 radical (unpaired) electrons. The number of carbonyl (C=O) groups is 1. The van der Waals surface area contributed by atoms with Crippen molar-refractivity contribution in [3.05, 3.63) is 29.3 Å². The van der Waals surface area contributed by atoms with E-state index in [1.54, 1.807) is 18.2 Å². The number of nitrogens with one attached hydrogen (secondary N) is 1. The number of aliphatic hydroxyl groups excluding tert-OH is 2. The second kappa shape index (κ2) is 3.64. The molecule has 0 aliphatic carbocycles. The van der Waals surface area contributed by atoms with Crippen LogP contribution in [0.3, 0.4) is 0 Å². The van der Waals surface area contributed by atoms with Crippen LogP contribution in [0.2, 0.25) is 0 Å². The molecule has 0 saturated carbocycles. The Balaban J connectivity index is 2.31. The first-order valence-corrected chi connectivity index (χ1v) is 4.87. The van der Waals surface area contributed by atoms with Gasteiger partial charge in [0.25, 0.3) is 0 Å². The van der Waals surface area contributed by atoms with Gasteiger partial charge in [-0.25, -0.2) is 0 Å². The number of aliphatic hydroxyl groups is 2. The molecule has 0 aromatic heterocycles. The largest absolute Gasteiger partial charge is 0.390 e. The molecule has 1 amide bonds. The van der Waals surface area contributed by atoms with Crippen LogP contribution in [-0.2, 0) is 11.2 Å². The summed E-state index contributed by atoms with van der Waals surface area (Å²) in [4.78, 5) is 11.1. The van der Waals surface area contributed by atoms with Gasteiger partial charge in [0.2, 0.25) is 5.91 Å². The maximum Gasteiger partial charge on any atom is 0.228 e. The number of hydrogen-bond donors (Lipinski definition) is 3. The van der Waals surface area contributed by atoms with Gasteiger partial charge in [-0.05, 0) is 24.1 Å². The quantitative estimate of drug-likeness (QED) is 0.665. The summed E-state index contributed by atoms with van der Waals surface area (Å²) >= 11 is 0. The lowest BCUT2D eigenvalue weighted by atomic mass is 10.0. The molecule has 1 aliphatic rings. The van der Waals surface area contributed by atoms with E-state index in [-0.39, 0.29) is 5.91 Å². The Hall–Kier alpha value is -1.39. The SMILES string of the molecule is CC(O)C(O)c1ccc2c(c1)CC(=O)N2. The molecule has 0 spiro atoms.